The zero-order valence-corrected chi connectivity index (χ0v) is 5.89. The highest BCUT2D eigenvalue weighted by molar-refractivity contribution is 5.85. The van der Waals surface area contributed by atoms with E-state index in [0.717, 1.165) is 0 Å². The molecule has 2 nitrogen and oxygen atoms in total. The van der Waals surface area contributed by atoms with Gasteiger partial charge in [0.25, 0.3) is 0 Å². The fourth-order valence-electron chi connectivity index (χ4n) is 0. The highest BCUT2D eigenvalue weighted by Crippen LogP contribution is 1.59. The van der Waals surface area contributed by atoms with Crippen molar-refractivity contribution in [1.29, 1.82) is 0 Å². The topological polar surface area (TPSA) is 52.0 Å². The lowest BCUT2D eigenvalue weighted by molar-refractivity contribution is 0.752. The Balaban J connectivity index is -0.0000000800. The number of hydrogen-bond donors (Lipinski definition) is 2. The fraction of sp³-hybridized carbons (Fsp3) is 1.00. The summed E-state index contributed by atoms with van der Waals surface area (Å²) >= 11 is 0. The second-order valence-corrected chi connectivity index (χ2v) is 1.21. The summed E-state index contributed by atoms with van der Waals surface area (Å²) in [6, 6.07) is 0.162. The van der Waals surface area contributed by atoms with E-state index in [1.807, 2.05) is 6.92 Å². The zero-order valence-electron chi connectivity index (χ0n) is 4.26. The quantitative estimate of drug-likeness (QED) is 0.554. The molecule has 0 aromatic heterocycles. The number of rotatable bonds is 1. The van der Waals surface area contributed by atoms with Crippen molar-refractivity contribution in [2.45, 2.75) is 13.0 Å². The van der Waals surface area contributed by atoms with Crippen molar-refractivity contribution in [3.05, 3.63) is 0 Å². The Morgan fingerprint density at radius 2 is 1.57 bits per heavy atom. The molecule has 0 aromatic rings. The van der Waals surface area contributed by atoms with Gasteiger partial charge in [-0.1, -0.05) is 0 Å². The van der Waals surface area contributed by atoms with Gasteiger partial charge in [-0.3, -0.25) is 0 Å². The van der Waals surface area contributed by atoms with E-state index in [0.29, 0.717) is 6.54 Å². The van der Waals surface area contributed by atoms with Crippen LogP contribution in [0.3, 0.4) is 0 Å². The second kappa shape index (κ2) is 9.71. The number of hydrogen-bond acceptors (Lipinski definition) is 2. The Morgan fingerprint density at radius 3 is 1.57 bits per heavy atom. The maximum absolute atomic E-state index is 5.17. The molecule has 0 rings (SSSR count). The molecule has 0 aliphatic heterocycles. The highest BCUT2D eigenvalue weighted by Gasteiger charge is 1.79. The van der Waals surface area contributed by atoms with E-state index in [4.69, 9.17) is 11.5 Å². The SMILES string of the molecule is C[C@@H](N)CN.Cl.Cl. The molecule has 1 atom stereocenters. The molecule has 0 fully saturated rings. The van der Waals surface area contributed by atoms with Gasteiger partial charge in [0.15, 0.2) is 0 Å². The van der Waals surface area contributed by atoms with E-state index in [1.54, 1.807) is 0 Å². The van der Waals surface area contributed by atoms with E-state index >= 15 is 0 Å². The third-order valence-corrected chi connectivity index (χ3v) is 0.372. The molecule has 4 N–H and O–H groups in total. The molecule has 7 heavy (non-hydrogen) atoms. The van der Waals surface area contributed by atoms with Crippen LogP contribution >= 0.6 is 24.8 Å². The van der Waals surface area contributed by atoms with Crippen molar-refractivity contribution in [1.82, 2.24) is 0 Å². The molecule has 0 radical (unpaired) electrons. The fourth-order valence-corrected chi connectivity index (χ4v) is 0. The summed E-state index contributed by atoms with van der Waals surface area (Å²) in [6.07, 6.45) is 0. The lowest BCUT2D eigenvalue weighted by atomic mass is 10.4. The van der Waals surface area contributed by atoms with Gasteiger partial charge in [0.05, 0.1) is 0 Å². The lowest BCUT2D eigenvalue weighted by Crippen LogP contribution is -2.25. The molecular formula is C3H12Cl2N2. The monoisotopic (exact) mass is 146 g/mol. The smallest absolute Gasteiger partial charge is 0.0134 e. The van der Waals surface area contributed by atoms with Crippen LogP contribution in [0.15, 0.2) is 0 Å². The van der Waals surface area contributed by atoms with Gasteiger partial charge in [-0.05, 0) is 6.92 Å². The van der Waals surface area contributed by atoms with Crippen LogP contribution in [-0.2, 0) is 0 Å². The molecule has 0 saturated carbocycles. The molecular weight excluding hydrogens is 135 g/mol. The largest absolute Gasteiger partial charge is 0.329 e. The lowest BCUT2D eigenvalue weighted by Gasteiger charge is -1.92. The predicted molar refractivity (Wildman–Crippen MR) is 37.2 cm³/mol. The highest BCUT2D eigenvalue weighted by atomic mass is 35.5. The van der Waals surface area contributed by atoms with Crippen molar-refractivity contribution in [3.63, 3.8) is 0 Å². The maximum atomic E-state index is 5.17. The van der Waals surface area contributed by atoms with E-state index in [1.165, 1.54) is 0 Å². The van der Waals surface area contributed by atoms with E-state index in [9.17, 15) is 0 Å². The number of nitrogens with two attached hydrogens (primary N) is 2. The minimum atomic E-state index is 0. The van der Waals surface area contributed by atoms with Crippen LogP contribution < -0.4 is 11.5 Å². The second-order valence-electron chi connectivity index (χ2n) is 1.21. The van der Waals surface area contributed by atoms with Crippen molar-refractivity contribution in [3.8, 4) is 0 Å². The molecule has 4 heteroatoms. The van der Waals surface area contributed by atoms with Crippen LogP contribution in [-0.4, -0.2) is 12.6 Å². The molecule has 0 heterocycles. The van der Waals surface area contributed by atoms with Crippen LogP contribution in [0.2, 0.25) is 0 Å². The third kappa shape index (κ3) is 21.1. The molecule has 0 saturated heterocycles. The molecule has 0 aliphatic rings. The Labute approximate surface area is 56.5 Å². The van der Waals surface area contributed by atoms with Crippen molar-refractivity contribution >= 4 is 24.8 Å². The minimum Gasteiger partial charge on any atom is -0.329 e. The van der Waals surface area contributed by atoms with Gasteiger partial charge < -0.3 is 11.5 Å². The van der Waals surface area contributed by atoms with Crippen LogP contribution in [0.25, 0.3) is 0 Å². The minimum absolute atomic E-state index is 0. The van der Waals surface area contributed by atoms with Gasteiger partial charge in [-0.2, -0.15) is 0 Å². The normalized spacial score (nSPS) is 10.7. The van der Waals surface area contributed by atoms with E-state index < -0.39 is 0 Å². The van der Waals surface area contributed by atoms with E-state index in [2.05, 4.69) is 0 Å². The summed E-state index contributed by atoms with van der Waals surface area (Å²) in [5.74, 6) is 0. The first-order valence-corrected chi connectivity index (χ1v) is 1.73. The summed E-state index contributed by atoms with van der Waals surface area (Å²) in [6.45, 7) is 2.46. The summed E-state index contributed by atoms with van der Waals surface area (Å²) < 4.78 is 0. The first-order chi connectivity index (χ1) is 2.27. The predicted octanol–water partition coefficient (Wildman–Crippen LogP) is 0.136. The summed E-state index contributed by atoms with van der Waals surface area (Å²) in [7, 11) is 0. The Morgan fingerprint density at radius 1 is 1.43 bits per heavy atom. The van der Waals surface area contributed by atoms with Crippen molar-refractivity contribution in [2.24, 2.45) is 11.5 Å². The maximum Gasteiger partial charge on any atom is 0.0134 e. The molecule has 48 valence electrons. The average molecular weight is 147 g/mol. The first-order valence-electron chi connectivity index (χ1n) is 1.73. The summed E-state index contributed by atoms with van der Waals surface area (Å²) in [5.41, 5.74) is 10.2. The summed E-state index contributed by atoms with van der Waals surface area (Å²) in [4.78, 5) is 0. The van der Waals surface area contributed by atoms with Crippen LogP contribution in [0.4, 0.5) is 0 Å². The van der Waals surface area contributed by atoms with Crippen molar-refractivity contribution < 1.29 is 0 Å². The van der Waals surface area contributed by atoms with Crippen LogP contribution in [0.1, 0.15) is 6.92 Å². The van der Waals surface area contributed by atoms with E-state index in [-0.39, 0.29) is 30.9 Å². The molecule has 0 aromatic carbocycles. The zero-order chi connectivity index (χ0) is 4.28. The molecule has 0 bridgehead atoms. The first kappa shape index (κ1) is 15.6. The van der Waals surface area contributed by atoms with Crippen molar-refractivity contribution in [2.75, 3.05) is 6.54 Å². The Hall–Kier alpha value is 0.500. The Bertz CT molecular complexity index is 24.9. The van der Waals surface area contributed by atoms with Gasteiger partial charge in [0.2, 0.25) is 0 Å². The van der Waals surface area contributed by atoms with Gasteiger partial charge in [0, 0.05) is 12.6 Å². The molecule has 0 amide bonds. The van der Waals surface area contributed by atoms with Gasteiger partial charge in [-0.25, -0.2) is 0 Å². The number of halogens is 2. The van der Waals surface area contributed by atoms with Gasteiger partial charge in [0.1, 0.15) is 0 Å². The average Bonchev–Trinajstić information content (AvgIpc) is 1.38. The third-order valence-electron chi connectivity index (χ3n) is 0.372. The Kier molecular flexibility index (Phi) is 21.7. The summed E-state index contributed by atoms with van der Waals surface area (Å²) in [5, 5.41) is 0. The van der Waals surface area contributed by atoms with Crippen LogP contribution in [0.5, 0.6) is 0 Å². The van der Waals surface area contributed by atoms with Crippen LogP contribution in [0, 0.1) is 0 Å². The molecule has 0 spiro atoms. The molecule has 0 unspecified atom stereocenters. The van der Waals surface area contributed by atoms with Gasteiger partial charge >= 0.3 is 0 Å². The van der Waals surface area contributed by atoms with Gasteiger partial charge in [-0.15, -0.1) is 24.8 Å². The standard InChI is InChI=1S/C3H10N2.2ClH/c1-3(5)2-4;;/h3H,2,4-5H2,1H3;2*1H/t3-;;/m1../s1. The molecule has 0 aliphatic carbocycles.